The monoisotopic (exact) mass is 463 g/mol. The second-order valence-electron chi connectivity index (χ2n) is 7.72. The van der Waals surface area contributed by atoms with Crippen molar-refractivity contribution in [3.63, 3.8) is 0 Å². The molecule has 1 amide bonds. The molecule has 0 aliphatic rings. The zero-order valence-corrected chi connectivity index (χ0v) is 18.9. The molecule has 9 heteroatoms. The first kappa shape index (κ1) is 23.0. The van der Waals surface area contributed by atoms with E-state index in [1.54, 1.807) is 25.4 Å². The molecule has 0 aliphatic heterocycles. The minimum atomic E-state index is -0.807. The van der Waals surface area contributed by atoms with Crippen molar-refractivity contribution in [1.82, 2.24) is 20.3 Å². The van der Waals surface area contributed by atoms with Crippen LogP contribution >= 0.6 is 0 Å². The minimum absolute atomic E-state index is 0.0189. The first-order valence-corrected chi connectivity index (χ1v) is 10.6. The van der Waals surface area contributed by atoms with Gasteiger partial charge in [-0.3, -0.25) is 9.78 Å². The maximum Gasteiger partial charge on any atom is 0.251 e. The Hall–Kier alpha value is -4.14. The van der Waals surface area contributed by atoms with Crippen LogP contribution in [0.5, 0.6) is 5.75 Å². The number of aromatic nitrogens is 3. The van der Waals surface area contributed by atoms with Crippen LogP contribution in [-0.2, 0) is 0 Å². The summed E-state index contributed by atoms with van der Waals surface area (Å²) < 4.78 is 33.0. The Kier molecular flexibility index (Phi) is 6.62. The summed E-state index contributed by atoms with van der Waals surface area (Å²) in [6.07, 6.45) is 2.96. The van der Waals surface area contributed by atoms with Gasteiger partial charge in [0.2, 0.25) is 0 Å². The number of carbonyl (C=O) groups excluding carboxylic acids is 1. The van der Waals surface area contributed by atoms with Crippen LogP contribution in [-0.4, -0.2) is 41.6 Å². The van der Waals surface area contributed by atoms with E-state index in [1.807, 2.05) is 25.1 Å². The third kappa shape index (κ3) is 4.50. The molecule has 174 valence electrons. The highest BCUT2D eigenvalue weighted by Gasteiger charge is 2.16. The number of ether oxygens (including phenoxy) is 1. The number of hydrogen-bond donors (Lipinski definition) is 2. The number of fused-ring (bicyclic) bond motifs is 1. The van der Waals surface area contributed by atoms with Crippen LogP contribution in [0.25, 0.3) is 22.2 Å². The lowest BCUT2D eigenvalue weighted by Gasteiger charge is -2.16. The average molecular weight is 463 g/mol. The van der Waals surface area contributed by atoms with Crippen LogP contribution in [0.1, 0.15) is 28.8 Å². The van der Waals surface area contributed by atoms with E-state index in [0.29, 0.717) is 23.6 Å². The molecule has 2 aromatic carbocycles. The van der Waals surface area contributed by atoms with E-state index in [-0.39, 0.29) is 17.4 Å². The number of benzene rings is 2. The molecular formula is C25H23F2N5O2. The fourth-order valence-electron chi connectivity index (χ4n) is 3.81. The van der Waals surface area contributed by atoms with E-state index in [0.717, 1.165) is 16.5 Å². The van der Waals surface area contributed by atoms with Crippen molar-refractivity contribution in [3.05, 3.63) is 77.8 Å². The highest BCUT2D eigenvalue weighted by Crippen LogP contribution is 2.29. The van der Waals surface area contributed by atoms with Crippen LogP contribution in [0.2, 0.25) is 0 Å². The number of nitrogens with zero attached hydrogens (tertiary/aromatic N) is 3. The summed E-state index contributed by atoms with van der Waals surface area (Å²) >= 11 is 0. The van der Waals surface area contributed by atoms with Gasteiger partial charge in [0, 0.05) is 42.7 Å². The number of halogens is 2. The molecule has 34 heavy (non-hydrogen) atoms. The molecule has 0 aliphatic carbocycles. The van der Waals surface area contributed by atoms with Crippen LogP contribution < -0.4 is 15.4 Å². The summed E-state index contributed by atoms with van der Waals surface area (Å²) in [5, 5.41) is 6.68. The molecule has 4 rings (SSSR count). The lowest BCUT2D eigenvalue weighted by molar-refractivity contribution is 0.0964. The maximum atomic E-state index is 14.1. The van der Waals surface area contributed by atoms with Gasteiger partial charge in [0.05, 0.1) is 23.9 Å². The number of anilines is 1. The average Bonchev–Trinajstić information content (AvgIpc) is 2.86. The van der Waals surface area contributed by atoms with Gasteiger partial charge >= 0.3 is 0 Å². The van der Waals surface area contributed by atoms with E-state index < -0.39 is 17.4 Å². The molecular weight excluding hydrogens is 440 g/mol. The number of para-hydroxylation sites is 1. The van der Waals surface area contributed by atoms with Crippen LogP contribution in [0.15, 0.2) is 55.0 Å². The molecule has 0 radical (unpaired) electrons. The second-order valence-corrected chi connectivity index (χ2v) is 7.72. The fraction of sp³-hybridized carbons (Fsp3) is 0.200. The normalized spacial score (nSPS) is 11.8. The molecule has 0 saturated heterocycles. The molecule has 2 heterocycles. The van der Waals surface area contributed by atoms with Gasteiger partial charge in [-0.2, -0.15) is 0 Å². The second kappa shape index (κ2) is 9.78. The Morgan fingerprint density at radius 3 is 2.56 bits per heavy atom. The standard InChI is InChI=1S/C25H23F2N5O2/c1-14(16-5-4-6-17-18(25(33)28-2)7-8-29-23(16)17)12-30-22-11-21(31-13-32-22)15-9-19(26)24(34-3)20(27)10-15/h4-11,13-14H,12H2,1-3H3,(H,28,33)(H,30,31,32). The smallest absolute Gasteiger partial charge is 0.251 e. The third-order valence-corrected chi connectivity index (χ3v) is 5.56. The molecule has 2 N–H and O–H groups in total. The highest BCUT2D eigenvalue weighted by molar-refractivity contribution is 6.06. The van der Waals surface area contributed by atoms with Gasteiger partial charge in [0.1, 0.15) is 12.1 Å². The Morgan fingerprint density at radius 1 is 1.09 bits per heavy atom. The Bertz CT molecular complexity index is 1340. The fourth-order valence-corrected chi connectivity index (χ4v) is 3.81. The molecule has 7 nitrogen and oxygen atoms in total. The summed E-state index contributed by atoms with van der Waals surface area (Å²) in [7, 11) is 2.80. The molecule has 1 unspecified atom stereocenters. The largest absolute Gasteiger partial charge is 0.491 e. The summed E-state index contributed by atoms with van der Waals surface area (Å²) in [6, 6.07) is 11.4. The van der Waals surface area contributed by atoms with Gasteiger partial charge in [-0.25, -0.2) is 18.7 Å². The Morgan fingerprint density at radius 2 is 1.85 bits per heavy atom. The van der Waals surface area contributed by atoms with Crippen LogP contribution in [0.3, 0.4) is 0 Å². The molecule has 0 bridgehead atoms. The molecule has 0 fully saturated rings. The predicted molar refractivity (Wildman–Crippen MR) is 126 cm³/mol. The number of hydrogen-bond acceptors (Lipinski definition) is 6. The lowest BCUT2D eigenvalue weighted by atomic mass is 9.96. The molecule has 4 aromatic rings. The van der Waals surface area contributed by atoms with Crippen LogP contribution in [0.4, 0.5) is 14.6 Å². The Balaban J connectivity index is 1.56. The van der Waals surface area contributed by atoms with Gasteiger partial charge in [0.15, 0.2) is 17.4 Å². The summed E-state index contributed by atoms with van der Waals surface area (Å²) in [5.41, 5.74) is 2.94. The number of amides is 1. The molecule has 2 aromatic heterocycles. The maximum absolute atomic E-state index is 14.1. The summed E-state index contributed by atoms with van der Waals surface area (Å²) in [4.78, 5) is 25.1. The van der Waals surface area contributed by atoms with Crippen molar-refractivity contribution in [2.24, 2.45) is 0 Å². The number of carbonyl (C=O) groups is 1. The number of methoxy groups -OCH3 is 1. The molecule has 0 spiro atoms. The van der Waals surface area contributed by atoms with Gasteiger partial charge < -0.3 is 15.4 Å². The van der Waals surface area contributed by atoms with E-state index in [1.165, 1.54) is 25.6 Å². The van der Waals surface area contributed by atoms with Crippen molar-refractivity contribution in [1.29, 1.82) is 0 Å². The highest BCUT2D eigenvalue weighted by atomic mass is 19.1. The Labute approximate surface area is 195 Å². The first-order valence-electron chi connectivity index (χ1n) is 10.6. The predicted octanol–water partition coefficient (Wildman–Crippen LogP) is 4.55. The summed E-state index contributed by atoms with van der Waals surface area (Å²) in [6.45, 7) is 2.54. The van der Waals surface area contributed by atoms with E-state index >= 15 is 0 Å². The zero-order chi connectivity index (χ0) is 24.2. The van der Waals surface area contributed by atoms with Crippen molar-refractivity contribution >= 4 is 22.6 Å². The number of nitrogens with one attached hydrogen (secondary N) is 2. The van der Waals surface area contributed by atoms with Gasteiger partial charge in [-0.05, 0) is 23.8 Å². The topological polar surface area (TPSA) is 89.0 Å². The number of pyridine rings is 1. The first-order chi connectivity index (χ1) is 16.4. The van der Waals surface area contributed by atoms with E-state index in [4.69, 9.17) is 4.74 Å². The van der Waals surface area contributed by atoms with Gasteiger partial charge in [0.25, 0.3) is 5.91 Å². The SMILES string of the molecule is CNC(=O)c1ccnc2c(C(C)CNc3cc(-c4cc(F)c(OC)c(F)c4)ncn3)cccc12. The lowest BCUT2D eigenvalue weighted by Crippen LogP contribution is -2.18. The quantitative estimate of drug-likeness (QED) is 0.418. The zero-order valence-electron chi connectivity index (χ0n) is 18.9. The minimum Gasteiger partial charge on any atom is -0.491 e. The van der Waals surface area contributed by atoms with Gasteiger partial charge in [-0.1, -0.05) is 25.1 Å². The summed E-state index contributed by atoms with van der Waals surface area (Å²) in [5.74, 6) is -1.70. The van der Waals surface area contributed by atoms with E-state index in [9.17, 15) is 13.6 Å². The van der Waals surface area contributed by atoms with Crippen LogP contribution in [0, 0.1) is 11.6 Å². The molecule has 0 saturated carbocycles. The third-order valence-electron chi connectivity index (χ3n) is 5.56. The van der Waals surface area contributed by atoms with Crippen molar-refractivity contribution in [2.45, 2.75) is 12.8 Å². The van der Waals surface area contributed by atoms with Crippen molar-refractivity contribution < 1.29 is 18.3 Å². The van der Waals surface area contributed by atoms with E-state index in [2.05, 4.69) is 25.6 Å². The van der Waals surface area contributed by atoms with Gasteiger partial charge in [-0.15, -0.1) is 0 Å². The van der Waals surface area contributed by atoms with Crippen molar-refractivity contribution in [3.8, 4) is 17.0 Å². The van der Waals surface area contributed by atoms with Crippen molar-refractivity contribution in [2.75, 3.05) is 26.0 Å². The molecule has 1 atom stereocenters. The number of rotatable bonds is 7.